The van der Waals surface area contributed by atoms with Crippen LogP contribution in [0.4, 0.5) is 0 Å². The van der Waals surface area contributed by atoms with Crippen LogP contribution < -0.4 is 4.74 Å². The molecule has 0 saturated heterocycles. The van der Waals surface area contributed by atoms with E-state index in [1.807, 2.05) is 6.07 Å². The van der Waals surface area contributed by atoms with Gasteiger partial charge >= 0.3 is 0 Å². The van der Waals surface area contributed by atoms with E-state index in [2.05, 4.69) is 6.92 Å². The fourth-order valence-corrected chi connectivity index (χ4v) is 3.34. The Balaban J connectivity index is 2.13. The zero-order chi connectivity index (χ0) is 13.8. The molecule has 0 saturated carbocycles. The number of fused-ring (bicyclic) bond motifs is 1. The van der Waals surface area contributed by atoms with Gasteiger partial charge in [-0.3, -0.25) is 4.79 Å². The maximum atomic E-state index is 11.9. The number of hydrogen-bond donors (Lipinski definition) is 0. The lowest BCUT2D eigenvalue weighted by molar-refractivity contribution is 0.0978. The molecule has 1 atom stereocenters. The lowest BCUT2D eigenvalue weighted by Crippen LogP contribution is -2.15. The second kappa shape index (κ2) is 6.64. The van der Waals surface area contributed by atoms with Crippen molar-refractivity contribution in [2.75, 3.05) is 20.3 Å². The van der Waals surface area contributed by atoms with Gasteiger partial charge in [0, 0.05) is 42.3 Å². The average molecular weight is 301 g/mol. The van der Waals surface area contributed by atoms with Crippen LogP contribution in [0.15, 0.2) is 17.0 Å². The number of carbonyl (C=O) groups is 1. The first-order valence-corrected chi connectivity index (χ1v) is 7.52. The van der Waals surface area contributed by atoms with Gasteiger partial charge in [0.1, 0.15) is 5.75 Å². The molecule has 104 valence electrons. The summed E-state index contributed by atoms with van der Waals surface area (Å²) in [5.74, 6) is 0.806. The molecule has 3 nitrogen and oxygen atoms in total. The number of thioether (sulfide) groups is 1. The quantitative estimate of drug-likeness (QED) is 0.774. The highest BCUT2D eigenvalue weighted by Gasteiger charge is 2.24. The molecule has 1 aliphatic heterocycles. The van der Waals surface area contributed by atoms with Gasteiger partial charge in [0.2, 0.25) is 0 Å². The molecule has 0 aromatic heterocycles. The molecule has 1 heterocycles. The molecule has 2 rings (SSSR count). The van der Waals surface area contributed by atoms with Crippen molar-refractivity contribution in [3.8, 4) is 5.75 Å². The number of ether oxygens (including phenoxy) is 2. The van der Waals surface area contributed by atoms with Crippen LogP contribution in [0.1, 0.15) is 30.1 Å². The fraction of sp³-hybridized carbons (Fsp3) is 0.500. The van der Waals surface area contributed by atoms with Crippen molar-refractivity contribution in [1.29, 1.82) is 0 Å². The van der Waals surface area contributed by atoms with Gasteiger partial charge < -0.3 is 9.47 Å². The highest BCUT2D eigenvalue weighted by Crippen LogP contribution is 2.40. The zero-order valence-electron chi connectivity index (χ0n) is 11.1. The lowest BCUT2D eigenvalue weighted by Gasteiger charge is -2.21. The molecular weight excluding hydrogens is 284 g/mol. The van der Waals surface area contributed by atoms with Crippen molar-refractivity contribution in [1.82, 2.24) is 0 Å². The number of rotatable bonds is 5. The van der Waals surface area contributed by atoms with E-state index in [9.17, 15) is 4.79 Å². The van der Waals surface area contributed by atoms with Gasteiger partial charge in [-0.25, -0.2) is 0 Å². The van der Waals surface area contributed by atoms with E-state index >= 15 is 0 Å². The first-order chi connectivity index (χ1) is 9.11. The van der Waals surface area contributed by atoms with E-state index in [0.717, 1.165) is 16.9 Å². The number of methoxy groups -OCH3 is 1. The number of halogens is 1. The largest absolute Gasteiger partial charge is 0.492 e. The minimum absolute atomic E-state index is 0.161. The highest BCUT2D eigenvalue weighted by molar-refractivity contribution is 8.00. The molecule has 0 amide bonds. The van der Waals surface area contributed by atoms with Crippen molar-refractivity contribution in [3.05, 3.63) is 22.7 Å². The molecule has 1 aromatic rings. The lowest BCUT2D eigenvalue weighted by atomic mass is 10.1. The van der Waals surface area contributed by atoms with Gasteiger partial charge in [0.05, 0.1) is 11.6 Å². The maximum Gasteiger partial charge on any atom is 0.165 e. The van der Waals surface area contributed by atoms with Crippen LogP contribution in [0.25, 0.3) is 0 Å². The molecule has 0 aliphatic carbocycles. The second-order valence-corrected chi connectivity index (χ2v) is 6.42. The Kier molecular flexibility index (Phi) is 5.13. The highest BCUT2D eigenvalue weighted by atomic mass is 35.5. The Labute approximate surface area is 122 Å². The number of carbonyl (C=O) groups excluding carboxylic acids is 1. The Morgan fingerprint density at radius 2 is 2.21 bits per heavy atom. The van der Waals surface area contributed by atoms with Crippen LogP contribution >= 0.6 is 23.4 Å². The van der Waals surface area contributed by atoms with Crippen LogP contribution in [0.5, 0.6) is 5.75 Å². The van der Waals surface area contributed by atoms with Gasteiger partial charge in [-0.1, -0.05) is 18.5 Å². The summed E-state index contributed by atoms with van der Waals surface area (Å²) in [6, 6.07) is 3.60. The Morgan fingerprint density at radius 3 is 2.95 bits per heavy atom. The van der Waals surface area contributed by atoms with Gasteiger partial charge in [0.15, 0.2) is 5.78 Å². The first-order valence-electron chi connectivity index (χ1n) is 6.27. The Bertz CT molecular complexity index is 476. The summed E-state index contributed by atoms with van der Waals surface area (Å²) in [4.78, 5) is 12.9. The molecule has 19 heavy (non-hydrogen) atoms. The molecule has 5 heteroatoms. The first kappa shape index (κ1) is 14.7. The molecule has 0 radical (unpaired) electrons. The standard InChI is InChI=1S/C14H17ClO3S/c1-9-6-12(16)10-7-11(15)13(8-14(10)19-9)18-5-3-4-17-2/h7-9H,3-6H2,1-2H3. The van der Waals surface area contributed by atoms with E-state index in [0.29, 0.717) is 35.7 Å². The third-order valence-corrected chi connectivity index (χ3v) is 4.34. The zero-order valence-corrected chi connectivity index (χ0v) is 12.6. The molecule has 0 fully saturated rings. The van der Waals surface area contributed by atoms with Crippen LogP contribution in [0.3, 0.4) is 0 Å². The third-order valence-electron chi connectivity index (χ3n) is 2.89. The summed E-state index contributed by atoms with van der Waals surface area (Å²) in [6.45, 7) is 3.27. The van der Waals surface area contributed by atoms with Crippen molar-refractivity contribution in [3.63, 3.8) is 0 Å². The summed E-state index contributed by atoms with van der Waals surface area (Å²) >= 11 is 7.86. The van der Waals surface area contributed by atoms with E-state index in [4.69, 9.17) is 21.1 Å². The Hall–Kier alpha value is -0.710. The molecule has 0 bridgehead atoms. The predicted molar refractivity (Wildman–Crippen MR) is 77.7 cm³/mol. The third kappa shape index (κ3) is 3.65. The number of hydrogen-bond acceptors (Lipinski definition) is 4. The van der Waals surface area contributed by atoms with Gasteiger partial charge in [-0.05, 0) is 12.1 Å². The van der Waals surface area contributed by atoms with Crippen molar-refractivity contribution < 1.29 is 14.3 Å². The predicted octanol–water partition coefficient (Wildman–Crippen LogP) is 3.82. The van der Waals surface area contributed by atoms with Crippen molar-refractivity contribution in [2.45, 2.75) is 29.9 Å². The fourth-order valence-electron chi connectivity index (χ4n) is 1.98. The van der Waals surface area contributed by atoms with Gasteiger partial charge in [-0.15, -0.1) is 11.8 Å². The normalized spacial score (nSPS) is 18.3. The molecule has 1 unspecified atom stereocenters. The monoisotopic (exact) mass is 300 g/mol. The SMILES string of the molecule is COCCCOc1cc2c(cc1Cl)C(=O)CC(C)S2. The number of benzene rings is 1. The summed E-state index contributed by atoms with van der Waals surface area (Å²) in [7, 11) is 1.66. The molecule has 0 N–H and O–H groups in total. The second-order valence-electron chi connectivity index (χ2n) is 4.53. The van der Waals surface area contributed by atoms with Crippen LogP contribution in [0.2, 0.25) is 5.02 Å². The van der Waals surface area contributed by atoms with E-state index in [-0.39, 0.29) is 5.78 Å². The van der Waals surface area contributed by atoms with Crippen LogP contribution in [-0.2, 0) is 4.74 Å². The molecule has 0 spiro atoms. The van der Waals surface area contributed by atoms with Crippen LogP contribution in [0, 0.1) is 0 Å². The van der Waals surface area contributed by atoms with E-state index < -0.39 is 0 Å². The van der Waals surface area contributed by atoms with Crippen molar-refractivity contribution in [2.24, 2.45) is 0 Å². The molecular formula is C14H17ClO3S. The topological polar surface area (TPSA) is 35.5 Å². The van der Waals surface area contributed by atoms with Gasteiger partial charge in [0.25, 0.3) is 0 Å². The molecule has 1 aliphatic rings. The summed E-state index contributed by atoms with van der Waals surface area (Å²) in [6.07, 6.45) is 1.38. The Morgan fingerprint density at radius 1 is 1.42 bits per heavy atom. The summed E-state index contributed by atoms with van der Waals surface area (Å²) in [5.41, 5.74) is 0.720. The minimum Gasteiger partial charge on any atom is -0.492 e. The molecule has 1 aromatic carbocycles. The smallest absolute Gasteiger partial charge is 0.165 e. The number of ketones is 1. The van der Waals surface area contributed by atoms with Gasteiger partial charge in [-0.2, -0.15) is 0 Å². The summed E-state index contributed by atoms with van der Waals surface area (Å²) in [5, 5.41) is 0.808. The average Bonchev–Trinajstić information content (AvgIpc) is 2.36. The van der Waals surface area contributed by atoms with Crippen molar-refractivity contribution >= 4 is 29.1 Å². The van der Waals surface area contributed by atoms with Crippen LogP contribution in [-0.4, -0.2) is 31.4 Å². The maximum absolute atomic E-state index is 11.9. The minimum atomic E-state index is 0.161. The number of Topliss-reactive ketones (excluding diaryl/α,β-unsaturated/α-hetero) is 1. The van der Waals surface area contributed by atoms with E-state index in [1.54, 1.807) is 24.9 Å². The van der Waals surface area contributed by atoms with E-state index in [1.165, 1.54) is 0 Å². The summed E-state index contributed by atoms with van der Waals surface area (Å²) < 4.78 is 10.6.